The van der Waals surface area contributed by atoms with Crippen molar-refractivity contribution in [3.05, 3.63) is 0 Å². The van der Waals surface area contributed by atoms with Crippen molar-refractivity contribution in [3.63, 3.8) is 0 Å². The molecule has 0 aromatic carbocycles. The number of nitrogens with one attached hydrogen (secondary N) is 1. The molecule has 1 unspecified atom stereocenters. The van der Waals surface area contributed by atoms with Gasteiger partial charge in [-0.25, -0.2) is 4.79 Å². The fourth-order valence-electron chi connectivity index (χ4n) is 0.937. The van der Waals surface area contributed by atoms with Crippen LogP contribution in [0.15, 0.2) is 0 Å². The van der Waals surface area contributed by atoms with Crippen LogP contribution in [0.2, 0.25) is 0 Å². The Morgan fingerprint density at radius 1 is 1.58 bits per heavy atom. The van der Waals surface area contributed by atoms with E-state index in [1.165, 1.54) is 0 Å². The Morgan fingerprint density at radius 3 is 2.67 bits per heavy atom. The van der Waals surface area contributed by atoms with Crippen molar-refractivity contribution >= 4 is 6.09 Å². The van der Waals surface area contributed by atoms with Gasteiger partial charge in [0.05, 0.1) is 6.61 Å². The lowest BCUT2D eigenvalue weighted by atomic mass is 10.2. The van der Waals surface area contributed by atoms with Crippen molar-refractivity contribution in [3.8, 4) is 0 Å². The summed E-state index contributed by atoms with van der Waals surface area (Å²) in [5, 5.41) is 2.68. The number of ether oxygens (including phenoxy) is 1. The first-order valence-electron chi connectivity index (χ1n) is 4.37. The van der Waals surface area contributed by atoms with Crippen LogP contribution in [0.25, 0.3) is 0 Å². The molecule has 0 aromatic rings. The van der Waals surface area contributed by atoms with Gasteiger partial charge in [0, 0.05) is 12.6 Å². The van der Waals surface area contributed by atoms with Gasteiger partial charge in [0.1, 0.15) is 0 Å². The first kappa shape index (κ1) is 11.2. The lowest BCUT2D eigenvalue weighted by Crippen LogP contribution is -2.40. The van der Waals surface area contributed by atoms with Crippen LogP contribution in [-0.2, 0) is 4.74 Å². The normalized spacial score (nSPS) is 12.2. The Balaban J connectivity index is 3.61. The molecule has 0 radical (unpaired) electrons. The molecule has 4 nitrogen and oxygen atoms in total. The Labute approximate surface area is 73.5 Å². The highest BCUT2D eigenvalue weighted by molar-refractivity contribution is 5.67. The summed E-state index contributed by atoms with van der Waals surface area (Å²) in [4.78, 5) is 10.9. The monoisotopic (exact) mass is 174 g/mol. The molecule has 12 heavy (non-hydrogen) atoms. The third-order valence-corrected chi connectivity index (χ3v) is 1.52. The number of rotatable bonds is 5. The average Bonchev–Trinajstić information content (AvgIpc) is 2.04. The zero-order valence-corrected chi connectivity index (χ0v) is 7.80. The molecule has 0 rings (SSSR count). The van der Waals surface area contributed by atoms with E-state index in [1.54, 1.807) is 6.92 Å². The van der Waals surface area contributed by atoms with Crippen molar-refractivity contribution < 1.29 is 9.53 Å². The molecule has 0 aromatic heterocycles. The van der Waals surface area contributed by atoms with Crippen LogP contribution in [0, 0.1) is 0 Å². The molecule has 0 fully saturated rings. The van der Waals surface area contributed by atoms with Crippen LogP contribution >= 0.6 is 0 Å². The third kappa shape index (κ3) is 4.96. The van der Waals surface area contributed by atoms with Crippen molar-refractivity contribution in [1.82, 2.24) is 5.32 Å². The molecule has 0 bridgehead atoms. The van der Waals surface area contributed by atoms with Gasteiger partial charge >= 0.3 is 6.09 Å². The number of hydrogen-bond acceptors (Lipinski definition) is 3. The second-order valence-electron chi connectivity index (χ2n) is 2.59. The van der Waals surface area contributed by atoms with E-state index < -0.39 is 0 Å². The Morgan fingerprint density at radius 2 is 2.25 bits per heavy atom. The largest absolute Gasteiger partial charge is 0.450 e. The summed E-state index contributed by atoms with van der Waals surface area (Å²) in [6.45, 7) is 4.69. The molecule has 0 heterocycles. The van der Waals surface area contributed by atoms with Gasteiger partial charge in [-0.2, -0.15) is 0 Å². The smallest absolute Gasteiger partial charge is 0.407 e. The third-order valence-electron chi connectivity index (χ3n) is 1.52. The zero-order chi connectivity index (χ0) is 9.40. The maximum atomic E-state index is 10.9. The van der Waals surface area contributed by atoms with E-state index in [-0.39, 0.29) is 12.1 Å². The van der Waals surface area contributed by atoms with Crippen LogP contribution in [0.1, 0.15) is 26.7 Å². The highest BCUT2D eigenvalue weighted by Gasteiger charge is 2.08. The Hall–Kier alpha value is -0.770. The molecular weight excluding hydrogens is 156 g/mol. The van der Waals surface area contributed by atoms with Gasteiger partial charge in [-0.1, -0.05) is 13.3 Å². The first-order valence-corrected chi connectivity index (χ1v) is 4.37. The molecule has 0 spiro atoms. The van der Waals surface area contributed by atoms with Gasteiger partial charge in [0.25, 0.3) is 0 Å². The van der Waals surface area contributed by atoms with Crippen molar-refractivity contribution in [1.29, 1.82) is 0 Å². The molecule has 1 amide bonds. The van der Waals surface area contributed by atoms with Gasteiger partial charge in [0.2, 0.25) is 0 Å². The van der Waals surface area contributed by atoms with Crippen molar-refractivity contribution in [2.75, 3.05) is 13.2 Å². The highest BCUT2D eigenvalue weighted by atomic mass is 16.5. The number of hydrogen-bond donors (Lipinski definition) is 2. The average molecular weight is 174 g/mol. The van der Waals surface area contributed by atoms with Crippen molar-refractivity contribution in [2.24, 2.45) is 5.73 Å². The number of carbonyl (C=O) groups excluding carboxylic acids is 1. The summed E-state index contributed by atoms with van der Waals surface area (Å²) >= 11 is 0. The molecule has 0 saturated carbocycles. The van der Waals surface area contributed by atoms with Gasteiger partial charge in [-0.15, -0.1) is 0 Å². The first-order chi connectivity index (χ1) is 5.74. The number of nitrogens with two attached hydrogens (primary N) is 1. The fraction of sp³-hybridized carbons (Fsp3) is 0.875. The number of carbonyl (C=O) groups is 1. The van der Waals surface area contributed by atoms with E-state index in [9.17, 15) is 4.79 Å². The quantitative estimate of drug-likeness (QED) is 0.649. The van der Waals surface area contributed by atoms with Crippen LogP contribution < -0.4 is 11.1 Å². The van der Waals surface area contributed by atoms with Crippen LogP contribution in [0.3, 0.4) is 0 Å². The van der Waals surface area contributed by atoms with E-state index in [0.29, 0.717) is 13.2 Å². The topological polar surface area (TPSA) is 64.3 Å². The Bertz CT molecular complexity index is 128. The maximum absolute atomic E-state index is 10.9. The second kappa shape index (κ2) is 6.91. The van der Waals surface area contributed by atoms with Gasteiger partial charge in [-0.3, -0.25) is 0 Å². The SMILES string of the molecule is CCCC(CN)NC(=O)OCC. The minimum Gasteiger partial charge on any atom is -0.450 e. The predicted molar refractivity (Wildman–Crippen MR) is 47.9 cm³/mol. The summed E-state index contributed by atoms with van der Waals surface area (Å²) < 4.78 is 4.71. The minimum absolute atomic E-state index is 0.0500. The summed E-state index contributed by atoms with van der Waals surface area (Å²) in [5.74, 6) is 0. The highest BCUT2D eigenvalue weighted by Crippen LogP contribution is 1.94. The molecule has 4 heteroatoms. The summed E-state index contributed by atoms with van der Waals surface area (Å²) in [5.41, 5.74) is 5.43. The van der Waals surface area contributed by atoms with Crippen LogP contribution in [0.4, 0.5) is 4.79 Å². The zero-order valence-electron chi connectivity index (χ0n) is 7.80. The lowest BCUT2D eigenvalue weighted by molar-refractivity contribution is 0.147. The fourth-order valence-corrected chi connectivity index (χ4v) is 0.937. The van der Waals surface area contributed by atoms with E-state index >= 15 is 0 Å². The molecule has 1 atom stereocenters. The van der Waals surface area contributed by atoms with E-state index in [1.807, 2.05) is 0 Å². The number of amides is 1. The molecule has 0 aliphatic carbocycles. The van der Waals surface area contributed by atoms with Gasteiger partial charge < -0.3 is 15.8 Å². The predicted octanol–water partition coefficient (Wildman–Crippen LogP) is 0.860. The molecule has 72 valence electrons. The van der Waals surface area contributed by atoms with Gasteiger partial charge in [-0.05, 0) is 13.3 Å². The molecule has 0 aliphatic heterocycles. The van der Waals surface area contributed by atoms with Crippen molar-refractivity contribution in [2.45, 2.75) is 32.7 Å². The van der Waals surface area contributed by atoms with E-state index in [4.69, 9.17) is 10.5 Å². The Kier molecular flexibility index (Phi) is 6.47. The van der Waals surface area contributed by atoms with Crippen LogP contribution in [-0.4, -0.2) is 25.3 Å². The molecular formula is C8H18N2O2. The van der Waals surface area contributed by atoms with E-state index in [2.05, 4.69) is 12.2 Å². The molecule has 0 saturated heterocycles. The van der Waals surface area contributed by atoms with Crippen LogP contribution in [0.5, 0.6) is 0 Å². The summed E-state index contributed by atoms with van der Waals surface area (Å²) in [7, 11) is 0. The lowest BCUT2D eigenvalue weighted by Gasteiger charge is -2.14. The summed E-state index contributed by atoms with van der Waals surface area (Å²) in [6.07, 6.45) is 1.53. The minimum atomic E-state index is -0.374. The molecule has 3 N–H and O–H groups in total. The summed E-state index contributed by atoms with van der Waals surface area (Å²) in [6, 6.07) is 0.0500. The number of alkyl carbamates (subject to hydrolysis) is 1. The van der Waals surface area contributed by atoms with E-state index in [0.717, 1.165) is 12.8 Å². The molecule has 0 aliphatic rings. The second-order valence-corrected chi connectivity index (χ2v) is 2.59. The standard InChI is InChI=1S/C8H18N2O2/c1-3-5-7(6-9)10-8(11)12-4-2/h7H,3-6,9H2,1-2H3,(H,10,11). The maximum Gasteiger partial charge on any atom is 0.407 e. The van der Waals surface area contributed by atoms with Gasteiger partial charge in [0.15, 0.2) is 0 Å².